The van der Waals surface area contributed by atoms with Gasteiger partial charge in [-0.25, -0.2) is 10.0 Å². The Morgan fingerprint density at radius 2 is 1.79 bits per heavy atom. The number of hydrogen-bond donors (Lipinski definition) is 3. The van der Waals surface area contributed by atoms with Gasteiger partial charge in [0.1, 0.15) is 11.3 Å². The second-order valence-electron chi connectivity index (χ2n) is 7.23. The summed E-state index contributed by atoms with van der Waals surface area (Å²) >= 11 is 0. The Morgan fingerprint density at radius 3 is 2.41 bits per heavy atom. The van der Waals surface area contributed by atoms with Crippen LogP contribution in [0, 0.1) is 0 Å². The highest BCUT2D eigenvalue weighted by atomic mass is 32.3. The maximum absolute atomic E-state index is 13.6. The van der Waals surface area contributed by atoms with Gasteiger partial charge in [-0.15, -0.1) is 0 Å². The number of hydrogen-bond acceptors (Lipinski definition) is 3. The molecule has 3 N–H and O–H groups in total. The van der Waals surface area contributed by atoms with E-state index < -0.39 is 38.8 Å². The molecule has 0 saturated carbocycles. The number of phenolic OH excluding ortho intramolecular Hbond substituents is 1. The van der Waals surface area contributed by atoms with Crippen LogP contribution in [0.4, 0.5) is 18.9 Å². The molecule has 1 amide bonds. The maximum Gasteiger partial charge on any atom is 0.418 e. The minimum atomic E-state index is -4.76. The van der Waals surface area contributed by atoms with Crippen LogP contribution in [0.15, 0.2) is 52.3 Å². The van der Waals surface area contributed by atoms with Crippen LogP contribution in [0.1, 0.15) is 15.9 Å². The van der Waals surface area contributed by atoms with E-state index in [9.17, 15) is 27.9 Å². The molecule has 0 bridgehead atoms. The Kier molecular flexibility index (Phi) is 5.12. The number of aromatic hydroxyl groups is 1. The van der Waals surface area contributed by atoms with Crippen molar-refractivity contribution in [3.05, 3.63) is 63.9 Å². The van der Waals surface area contributed by atoms with Gasteiger partial charge in [0.15, 0.2) is 0 Å². The Bertz CT molecular complexity index is 1160. The van der Waals surface area contributed by atoms with E-state index >= 15 is 0 Å². The fourth-order valence-corrected chi connectivity index (χ4v) is 4.08. The predicted octanol–water partition coefficient (Wildman–Crippen LogP) is 4.56. The number of halogens is 3. The van der Waals surface area contributed by atoms with E-state index in [4.69, 9.17) is 0 Å². The molecule has 1 aromatic heterocycles. The summed E-state index contributed by atoms with van der Waals surface area (Å²) < 4.78 is 40.8. The number of aromatic nitrogens is 1. The molecule has 0 aliphatic carbocycles. The maximum atomic E-state index is 13.6. The first-order chi connectivity index (χ1) is 13.4. The second-order valence-corrected chi connectivity index (χ2v) is 11.3. The van der Waals surface area contributed by atoms with E-state index in [0.29, 0.717) is 5.52 Å². The number of H-pyrrole nitrogens is 1. The molecule has 0 unspecified atom stereocenters. The van der Waals surface area contributed by atoms with Crippen LogP contribution >= 0.6 is 10.0 Å². The van der Waals surface area contributed by atoms with Crippen molar-refractivity contribution in [3.8, 4) is 5.75 Å². The summed E-state index contributed by atoms with van der Waals surface area (Å²) in [5.74, 6) is -1.35. The molecule has 0 fully saturated rings. The van der Waals surface area contributed by atoms with Crippen molar-refractivity contribution < 1.29 is 23.1 Å². The molecule has 3 aromatic rings. The van der Waals surface area contributed by atoms with Gasteiger partial charge in [0.25, 0.3) is 5.91 Å². The number of alkyl halides is 3. The number of benzene rings is 2. The van der Waals surface area contributed by atoms with E-state index in [0.717, 1.165) is 18.3 Å². The lowest BCUT2D eigenvalue weighted by Crippen LogP contribution is -2.23. The van der Waals surface area contributed by atoms with Crippen LogP contribution in [-0.2, 0) is 6.18 Å². The molecular formula is C20H19F3N2O3S. The van der Waals surface area contributed by atoms with Gasteiger partial charge in [-0.3, -0.25) is 9.59 Å². The van der Waals surface area contributed by atoms with Crippen LogP contribution < -0.4 is 10.7 Å². The smallest absolute Gasteiger partial charge is 0.418 e. The normalized spacial score (nSPS) is 12.8. The fraction of sp³-hybridized carbons (Fsp3) is 0.200. The van der Waals surface area contributed by atoms with Crippen LogP contribution in [0.2, 0.25) is 0 Å². The standard InChI is InChI=1S/C20H19F3N2O3S/c1-29(2,3)17-8-13(20(21,22)23)15(9-16(17)26)25-19(28)12-10-24-14-7-5-4-6-11(14)18(12)27/h4-10,26H,1-3H3,(H,24,27)(H,25,28). The number of carbonyl (C=O) groups is 1. The van der Waals surface area contributed by atoms with E-state index in [1.165, 1.54) is 6.07 Å². The topological polar surface area (TPSA) is 82.2 Å². The molecule has 0 atom stereocenters. The summed E-state index contributed by atoms with van der Waals surface area (Å²) in [6.45, 7) is 0. The van der Waals surface area contributed by atoms with Gasteiger partial charge in [-0.2, -0.15) is 13.2 Å². The highest BCUT2D eigenvalue weighted by Gasteiger charge is 2.36. The lowest BCUT2D eigenvalue weighted by atomic mass is 10.1. The van der Waals surface area contributed by atoms with Crippen molar-refractivity contribution in [2.24, 2.45) is 0 Å². The SMILES string of the molecule is CS(C)(C)c1cc(C(F)(F)F)c(NC(=O)c2c[nH]c3ccccc3c2=O)cc1O. The number of aromatic amines is 1. The number of phenols is 1. The molecule has 1 heterocycles. The number of nitrogens with one attached hydrogen (secondary N) is 2. The van der Waals surface area contributed by atoms with Crippen LogP contribution in [0.25, 0.3) is 10.9 Å². The van der Waals surface area contributed by atoms with Gasteiger partial charge in [-0.1, -0.05) is 12.1 Å². The van der Waals surface area contributed by atoms with E-state index in [1.807, 2.05) is 0 Å². The minimum Gasteiger partial charge on any atom is -0.507 e. The van der Waals surface area contributed by atoms with Gasteiger partial charge < -0.3 is 15.4 Å². The Balaban J connectivity index is 2.08. The van der Waals surface area contributed by atoms with E-state index in [-0.39, 0.29) is 21.6 Å². The Labute approximate surface area is 165 Å². The molecule has 0 saturated heterocycles. The molecule has 154 valence electrons. The van der Waals surface area contributed by atoms with E-state index in [1.54, 1.807) is 37.0 Å². The van der Waals surface area contributed by atoms with Gasteiger partial charge in [-0.05, 0) is 37.0 Å². The number of amides is 1. The zero-order valence-corrected chi connectivity index (χ0v) is 16.7. The van der Waals surface area contributed by atoms with Gasteiger partial charge in [0.05, 0.1) is 11.3 Å². The van der Waals surface area contributed by atoms with E-state index in [2.05, 4.69) is 10.3 Å². The molecule has 0 spiro atoms. The molecule has 5 nitrogen and oxygen atoms in total. The number of para-hydroxylation sites is 1. The Hall–Kier alpha value is -2.94. The summed E-state index contributed by atoms with van der Waals surface area (Å²) in [5, 5.41) is 12.6. The largest absolute Gasteiger partial charge is 0.507 e. The molecule has 2 aromatic carbocycles. The number of carbonyl (C=O) groups excluding carboxylic acids is 1. The van der Waals surface area contributed by atoms with Crippen molar-refractivity contribution in [2.45, 2.75) is 11.1 Å². The van der Waals surface area contributed by atoms with Gasteiger partial charge in [0, 0.05) is 28.1 Å². The highest BCUT2D eigenvalue weighted by molar-refractivity contribution is 8.32. The zero-order chi connectivity index (χ0) is 21.6. The van der Waals surface area contributed by atoms with Crippen LogP contribution in [0.5, 0.6) is 5.75 Å². The third-order valence-corrected chi connectivity index (χ3v) is 5.99. The first kappa shape index (κ1) is 20.8. The van der Waals surface area contributed by atoms with Crippen LogP contribution in [-0.4, -0.2) is 34.8 Å². The number of pyridine rings is 1. The van der Waals surface area contributed by atoms with Crippen LogP contribution in [0.3, 0.4) is 0 Å². The lowest BCUT2D eigenvalue weighted by molar-refractivity contribution is -0.137. The summed E-state index contributed by atoms with van der Waals surface area (Å²) in [4.78, 5) is 28.1. The highest BCUT2D eigenvalue weighted by Crippen LogP contribution is 2.52. The molecule has 3 rings (SSSR count). The molecule has 0 radical (unpaired) electrons. The van der Waals surface area contributed by atoms with Crippen molar-refractivity contribution in [1.29, 1.82) is 0 Å². The third kappa shape index (κ3) is 4.09. The number of fused-ring (bicyclic) bond motifs is 1. The summed E-state index contributed by atoms with van der Waals surface area (Å²) in [7, 11) is -1.66. The zero-order valence-electron chi connectivity index (χ0n) is 15.8. The van der Waals surface area contributed by atoms with Gasteiger partial charge in [0.2, 0.25) is 5.43 Å². The number of anilines is 1. The average Bonchev–Trinajstić information content (AvgIpc) is 2.60. The summed E-state index contributed by atoms with van der Waals surface area (Å²) in [6, 6.07) is 8.21. The van der Waals surface area contributed by atoms with Gasteiger partial charge >= 0.3 is 6.18 Å². The fourth-order valence-electron chi connectivity index (χ4n) is 2.92. The van der Waals surface area contributed by atoms with Crippen molar-refractivity contribution in [2.75, 3.05) is 24.1 Å². The lowest BCUT2D eigenvalue weighted by Gasteiger charge is -2.28. The molecule has 0 aliphatic rings. The van der Waals surface area contributed by atoms with Crippen molar-refractivity contribution >= 4 is 32.5 Å². The van der Waals surface area contributed by atoms with Crippen molar-refractivity contribution in [3.63, 3.8) is 0 Å². The Morgan fingerprint density at radius 1 is 1.14 bits per heavy atom. The average molecular weight is 424 g/mol. The quantitative estimate of drug-likeness (QED) is 0.577. The minimum absolute atomic E-state index is 0.173. The first-order valence-corrected chi connectivity index (χ1v) is 11.3. The predicted molar refractivity (Wildman–Crippen MR) is 109 cm³/mol. The summed E-state index contributed by atoms with van der Waals surface area (Å²) in [5.41, 5.74) is -2.13. The monoisotopic (exact) mass is 424 g/mol. The number of rotatable bonds is 3. The molecule has 0 aliphatic heterocycles. The molecule has 9 heteroatoms. The third-order valence-electron chi connectivity index (χ3n) is 4.35. The van der Waals surface area contributed by atoms with Crippen molar-refractivity contribution in [1.82, 2.24) is 4.98 Å². The molecule has 29 heavy (non-hydrogen) atoms. The molecular weight excluding hydrogens is 405 g/mol. The summed E-state index contributed by atoms with van der Waals surface area (Å²) in [6.07, 6.45) is 1.63. The second kappa shape index (κ2) is 7.14. The first-order valence-electron chi connectivity index (χ1n) is 8.44.